The number of carboxylic acid groups (broad SMARTS) is 1. The molecule has 3 aromatic carbocycles. The SMILES string of the molecule is COCc1cc(C2N=C(c3cccc(CN(C)CC(=O)O)c3)NO2)ccc1-c1ccccc1Cl. The fraction of sp³-hybridized carbons (Fsp3) is 0.231. The first kappa shape index (κ1) is 23.9. The molecule has 34 heavy (non-hydrogen) atoms. The van der Waals surface area contributed by atoms with Crippen LogP contribution in [-0.2, 0) is 27.5 Å². The number of likely N-dealkylation sites (N-methyl/N-ethyl adjacent to an activating group) is 1. The summed E-state index contributed by atoms with van der Waals surface area (Å²) in [5.74, 6) is -0.235. The molecular formula is C26H26ClN3O4. The number of halogens is 1. The monoisotopic (exact) mass is 479 g/mol. The summed E-state index contributed by atoms with van der Waals surface area (Å²) >= 11 is 6.42. The number of hydrogen-bond acceptors (Lipinski definition) is 6. The fourth-order valence-electron chi connectivity index (χ4n) is 3.96. The minimum Gasteiger partial charge on any atom is -0.480 e. The van der Waals surface area contributed by atoms with E-state index in [1.54, 1.807) is 19.1 Å². The van der Waals surface area contributed by atoms with Crippen LogP contribution in [0.4, 0.5) is 0 Å². The summed E-state index contributed by atoms with van der Waals surface area (Å²) < 4.78 is 5.43. The van der Waals surface area contributed by atoms with Crippen molar-refractivity contribution in [3.8, 4) is 11.1 Å². The fourth-order valence-corrected chi connectivity index (χ4v) is 4.20. The van der Waals surface area contributed by atoms with E-state index < -0.39 is 12.2 Å². The number of benzene rings is 3. The number of ether oxygens (including phenoxy) is 1. The van der Waals surface area contributed by atoms with Gasteiger partial charge in [0.15, 0.2) is 5.84 Å². The van der Waals surface area contributed by atoms with Gasteiger partial charge in [-0.15, -0.1) is 0 Å². The van der Waals surface area contributed by atoms with Crippen LogP contribution in [-0.4, -0.2) is 42.5 Å². The topological polar surface area (TPSA) is 83.4 Å². The summed E-state index contributed by atoms with van der Waals surface area (Å²) in [6.07, 6.45) is -0.510. The van der Waals surface area contributed by atoms with E-state index in [2.05, 4.69) is 5.48 Å². The predicted octanol–water partition coefficient (Wildman–Crippen LogP) is 4.65. The molecule has 1 aliphatic heterocycles. The molecule has 1 unspecified atom stereocenters. The third-order valence-corrected chi connectivity index (χ3v) is 5.78. The second-order valence-electron chi connectivity index (χ2n) is 8.15. The Bertz CT molecular complexity index is 1210. The van der Waals surface area contributed by atoms with Crippen molar-refractivity contribution in [3.05, 3.63) is 94.0 Å². The molecule has 1 aliphatic rings. The van der Waals surface area contributed by atoms with Gasteiger partial charge in [0.2, 0.25) is 6.23 Å². The second-order valence-corrected chi connectivity index (χ2v) is 8.55. The first-order chi connectivity index (χ1) is 16.4. The molecule has 176 valence electrons. The number of hydroxylamine groups is 1. The zero-order valence-corrected chi connectivity index (χ0v) is 19.7. The molecule has 0 saturated heterocycles. The van der Waals surface area contributed by atoms with Gasteiger partial charge >= 0.3 is 5.97 Å². The molecule has 8 heteroatoms. The largest absolute Gasteiger partial charge is 0.480 e. The van der Waals surface area contributed by atoms with Crippen LogP contribution in [0.15, 0.2) is 71.7 Å². The number of rotatable bonds is 9. The highest BCUT2D eigenvalue weighted by molar-refractivity contribution is 6.33. The predicted molar refractivity (Wildman–Crippen MR) is 132 cm³/mol. The number of nitrogens with zero attached hydrogens (tertiary/aromatic N) is 2. The van der Waals surface area contributed by atoms with Crippen LogP contribution in [0.2, 0.25) is 5.02 Å². The zero-order chi connectivity index (χ0) is 24.1. The smallest absolute Gasteiger partial charge is 0.317 e. The van der Waals surface area contributed by atoms with Crippen LogP contribution < -0.4 is 5.48 Å². The van der Waals surface area contributed by atoms with Crippen molar-refractivity contribution in [2.24, 2.45) is 4.99 Å². The van der Waals surface area contributed by atoms with Crippen molar-refractivity contribution in [1.29, 1.82) is 0 Å². The lowest BCUT2D eigenvalue weighted by Crippen LogP contribution is -2.25. The Balaban J connectivity index is 1.57. The Morgan fingerprint density at radius 2 is 1.97 bits per heavy atom. The summed E-state index contributed by atoms with van der Waals surface area (Å²) in [7, 11) is 3.43. The quantitative estimate of drug-likeness (QED) is 0.465. The Labute approximate surface area is 203 Å². The second kappa shape index (κ2) is 10.8. The average molecular weight is 480 g/mol. The minimum absolute atomic E-state index is 0.0252. The number of methoxy groups -OCH3 is 1. The first-order valence-corrected chi connectivity index (χ1v) is 11.2. The van der Waals surface area contributed by atoms with Gasteiger partial charge in [-0.25, -0.2) is 15.3 Å². The van der Waals surface area contributed by atoms with Crippen LogP contribution in [0.25, 0.3) is 11.1 Å². The van der Waals surface area contributed by atoms with Gasteiger partial charge in [-0.05, 0) is 41.9 Å². The summed E-state index contributed by atoms with van der Waals surface area (Å²) in [6.45, 7) is 0.918. The Morgan fingerprint density at radius 3 is 2.74 bits per heavy atom. The molecule has 3 aromatic rings. The van der Waals surface area contributed by atoms with Crippen LogP contribution in [0.1, 0.15) is 28.5 Å². The minimum atomic E-state index is -0.856. The number of carboxylic acids is 1. The molecule has 0 spiro atoms. The van der Waals surface area contributed by atoms with Gasteiger partial charge in [-0.2, -0.15) is 0 Å². The lowest BCUT2D eigenvalue weighted by atomic mass is 9.97. The van der Waals surface area contributed by atoms with Crippen LogP contribution in [0, 0.1) is 0 Å². The summed E-state index contributed by atoms with van der Waals surface area (Å²) in [5.41, 5.74) is 8.62. The number of carbonyl (C=O) groups is 1. The average Bonchev–Trinajstić information content (AvgIpc) is 3.30. The molecule has 0 aliphatic carbocycles. The van der Waals surface area contributed by atoms with Gasteiger partial charge < -0.3 is 9.84 Å². The molecule has 0 bridgehead atoms. The molecule has 0 aromatic heterocycles. The van der Waals surface area contributed by atoms with Crippen molar-refractivity contribution < 1.29 is 19.5 Å². The van der Waals surface area contributed by atoms with Crippen molar-refractivity contribution in [1.82, 2.24) is 10.4 Å². The van der Waals surface area contributed by atoms with Crippen LogP contribution in [0.5, 0.6) is 0 Å². The van der Waals surface area contributed by atoms with Crippen molar-refractivity contribution in [3.63, 3.8) is 0 Å². The van der Waals surface area contributed by atoms with Gasteiger partial charge in [0, 0.05) is 35.4 Å². The molecule has 4 rings (SSSR count). The summed E-state index contributed by atoms with van der Waals surface area (Å²) in [5, 5.41) is 9.65. The van der Waals surface area contributed by atoms with Crippen molar-refractivity contribution in [2.75, 3.05) is 20.7 Å². The van der Waals surface area contributed by atoms with Gasteiger partial charge in [0.05, 0.1) is 13.2 Å². The van der Waals surface area contributed by atoms with E-state index in [-0.39, 0.29) is 6.54 Å². The van der Waals surface area contributed by atoms with Gasteiger partial charge in [-0.3, -0.25) is 9.69 Å². The van der Waals surface area contributed by atoms with E-state index in [9.17, 15) is 4.79 Å². The van der Waals surface area contributed by atoms with E-state index in [0.29, 0.717) is 24.0 Å². The highest BCUT2D eigenvalue weighted by atomic mass is 35.5. The number of aliphatic imine (C=N–C) groups is 1. The lowest BCUT2D eigenvalue weighted by molar-refractivity contribution is -0.138. The van der Waals surface area contributed by atoms with E-state index in [0.717, 1.165) is 33.4 Å². The molecule has 0 fully saturated rings. The molecule has 1 heterocycles. The van der Waals surface area contributed by atoms with Gasteiger partial charge in [0.25, 0.3) is 0 Å². The first-order valence-electron chi connectivity index (χ1n) is 10.8. The normalized spacial score (nSPS) is 15.3. The Kier molecular flexibility index (Phi) is 7.59. The maximum atomic E-state index is 10.9. The number of amidine groups is 1. The number of nitrogens with one attached hydrogen (secondary N) is 1. The van der Waals surface area contributed by atoms with E-state index in [1.807, 2.05) is 66.7 Å². The molecule has 0 radical (unpaired) electrons. The molecular weight excluding hydrogens is 454 g/mol. The van der Waals surface area contributed by atoms with Crippen LogP contribution >= 0.6 is 11.6 Å². The van der Waals surface area contributed by atoms with Crippen molar-refractivity contribution >= 4 is 23.4 Å². The van der Waals surface area contributed by atoms with Crippen molar-refractivity contribution in [2.45, 2.75) is 19.4 Å². The number of hydrogen-bond donors (Lipinski definition) is 2. The third-order valence-electron chi connectivity index (χ3n) is 5.45. The Morgan fingerprint density at radius 1 is 1.15 bits per heavy atom. The Hall–Kier alpha value is -3.23. The summed E-state index contributed by atoms with van der Waals surface area (Å²) in [6, 6.07) is 21.5. The van der Waals surface area contributed by atoms with E-state index in [1.165, 1.54) is 0 Å². The molecule has 7 nitrogen and oxygen atoms in total. The maximum Gasteiger partial charge on any atom is 0.317 e. The highest BCUT2D eigenvalue weighted by Crippen LogP contribution is 2.34. The molecule has 2 N–H and O–H groups in total. The maximum absolute atomic E-state index is 10.9. The van der Waals surface area contributed by atoms with E-state index in [4.69, 9.17) is 31.3 Å². The zero-order valence-electron chi connectivity index (χ0n) is 19.0. The standard InChI is InChI=1S/C26H26ClN3O4/c1-30(15-24(31)32)14-17-6-5-7-18(12-17)25-28-26(34-29-25)19-10-11-21(20(13-19)16-33-2)22-8-3-4-9-23(22)27/h3-13,26H,14-16H2,1-2H3,(H,28,29)(H,31,32). The summed E-state index contributed by atoms with van der Waals surface area (Å²) in [4.78, 5) is 23.2. The van der Waals surface area contributed by atoms with Crippen LogP contribution in [0.3, 0.4) is 0 Å². The molecule has 0 amide bonds. The van der Waals surface area contributed by atoms with Gasteiger partial charge in [0.1, 0.15) is 0 Å². The van der Waals surface area contributed by atoms with Gasteiger partial charge in [-0.1, -0.05) is 60.1 Å². The third kappa shape index (κ3) is 5.63. The molecule has 1 atom stereocenters. The van der Waals surface area contributed by atoms with E-state index >= 15 is 0 Å². The highest BCUT2D eigenvalue weighted by Gasteiger charge is 2.22. The molecule has 0 saturated carbocycles. The number of aliphatic carboxylic acids is 1. The lowest BCUT2D eigenvalue weighted by Gasteiger charge is -2.14.